The highest BCUT2D eigenvalue weighted by Crippen LogP contribution is 2.24. The normalized spacial score (nSPS) is 16.1. The van der Waals surface area contributed by atoms with Crippen molar-refractivity contribution >= 4 is 17.4 Å². The van der Waals surface area contributed by atoms with Crippen molar-refractivity contribution in [2.75, 3.05) is 25.0 Å². The molecular formula is C22H24ClN5O2. The Kier molecular flexibility index (Phi) is 6.30. The molecule has 0 aromatic carbocycles. The molecule has 156 valence electrons. The second-order valence-corrected chi connectivity index (χ2v) is 7.69. The molecule has 3 aromatic rings. The van der Waals surface area contributed by atoms with Gasteiger partial charge in [0.1, 0.15) is 18.2 Å². The predicted octanol–water partition coefficient (Wildman–Crippen LogP) is 3.05. The van der Waals surface area contributed by atoms with E-state index >= 15 is 0 Å². The maximum Gasteiger partial charge on any atom is 0.258 e. The fraction of sp³-hybridized carbons (Fsp3) is 0.318. The van der Waals surface area contributed by atoms with Gasteiger partial charge in [-0.05, 0) is 50.2 Å². The van der Waals surface area contributed by atoms with E-state index in [0.717, 1.165) is 36.7 Å². The summed E-state index contributed by atoms with van der Waals surface area (Å²) in [5.74, 6) is 1.43. The molecule has 0 radical (unpaired) electrons. The minimum atomic E-state index is -0.180. The number of nitrogens with zero attached hydrogens (tertiary/aromatic N) is 4. The molecule has 1 aliphatic rings. The molecule has 4 heterocycles. The van der Waals surface area contributed by atoms with Crippen molar-refractivity contribution < 1.29 is 4.74 Å². The van der Waals surface area contributed by atoms with Gasteiger partial charge in [-0.1, -0.05) is 11.6 Å². The molecule has 30 heavy (non-hydrogen) atoms. The van der Waals surface area contributed by atoms with Crippen LogP contribution in [0.15, 0.2) is 59.8 Å². The molecule has 1 fully saturated rings. The van der Waals surface area contributed by atoms with E-state index in [0.29, 0.717) is 16.8 Å². The van der Waals surface area contributed by atoms with Crippen LogP contribution >= 0.6 is 11.6 Å². The van der Waals surface area contributed by atoms with Gasteiger partial charge >= 0.3 is 0 Å². The zero-order valence-electron chi connectivity index (χ0n) is 16.8. The zero-order valence-corrected chi connectivity index (χ0v) is 17.5. The van der Waals surface area contributed by atoms with Crippen LogP contribution in [0.4, 0.5) is 5.82 Å². The van der Waals surface area contributed by atoms with Crippen molar-refractivity contribution in [3.63, 3.8) is 0 Å². The maximum absolute atomic E-state index is 12.6. The predicted molar refractivity (Wildman–Crippen MR) is 118 cm³/mol. The summed E-state index contributed by atoms with van der Waals surface area (Å²) >= 11 is 5.84. The van der Waals surface area contributed by atoms with Crippen LogP contribution in [-0.4, -0.2) is 40.7 Å². The Morgan fingerprint density at radius 3 is 2.80 bits per heavy atom. The van der Waals surface area contributed by atoms with Crippen LogP contribution in [0, 0.1) is 0 Å². The lowest BCUT2D eigenvalue weighted by Crippen LogP contribution is -2.37. The molecule has 1 N–H and O–H groups in total. The van der Waals surface area contributed by atoms with Gasteiger partial charge in [0.05, 0.1) is 22.6 Å². The number of halogens is 1. The molecule has 0 aliphatic carbocycles. The lowest BCUT2D eigenvalue weighted by Gasteiger charge is -2.25. The van der Waals surface area contributed by atoms with E-state index in [4.69, 9.17) is 16.3 Å². The monoisotopic (exact) mass is 425 g/mol. The summed E-state index contributed by atoms with van der Waals surface area (Å²) in [7, 11) is 1.97. The first-order chi connectivity index (χ1) is 14.6. The average molecular weight is 426 g/mol. The number of aromatic nitrogens is 3. The number of nitrogens with one attached hydrogen (secondary N) is 1. The minimum Gasteiger partial charge on any atom is -0.487 e. The van der Waals surface area contributed by atoms with Crippen LogP contribution in [0.3, 0.4) is 0 Å². The molecular weight excluding hydrogens is 402 g/mol. The van der Waals surface area contributed by atoms with Gasteiger partial charge in [0, 0.05) is 37.6 Å². The van der Waals surface area contributed by atoms with Crippen LogP contribution in [0.1, 0.15) is 18.5 Å². The van der Waals surface area contributed by atoms with E-state index in [1.54, 1.807) is 41.4 Å². The SMILES string of the molecule is CNCC1CCCN1c1ccc(-n2ccc(OCc3ccc(Cl)cn3)cc2=O)cn1. The molecule has 1 atom stereocenters. The summed E-state index contributed by atoms with van der Waals surface area (Å²) in [4.78, 5) is 23.7. The van der Waals surface area contributed by atoms with E-state index in [9.17, 15) is 4.79 Å². The van der Waals surface area contributed by atoms with Gasteiger partial charge in [0.2, 0.25) is 0 Å². The molecule has 1 aliphatic heterocycles. The number of likely N-dealkylation sites (N-methyl/N-ethyl adjacent to an activating group) is 1. The number of anilines is 1. The summed E-state index contributed by atoms with van der Waals surface area (Å²) in [6, 6.07) is 11.1. The molecule has 8 heteroatoms. The Hall–Kier alpha value is -2.90. The summed E-state index contributed by atoms with van der Waals surface area (Å²) in [5.41, 5.74) is 1.28. The Balaban J connectivity index is 1.45. The second kappa shape index (κ2) is 9.28. The fourth-order valence-corrected chi connectivity index (χ4v) is 3.80. The Morgan fingerprint density at radius 1 is 1.20 bits per heavy atom. The first kappa shape index (κ1) is 20.4. The number of hydrogen-bond donors (Lipinski definition) is 1. The van der Waals surface area contributed by atoms with E-state index < -0.39 is 0 Å². The smallest absolute Gasteiger partial charge is 0.258 e. The molecule has 0 amide bonds. The Morgan fingerprint density at radius 2 is 2.10 bits per heavy atom. The third-order valence-electron chi connectivity index (χ3n) is 5.19. The van der Waals surface area contributed by atoms with Crippen molar-refractivity contribution in [3.05, 3.63) is 76.1 Å². The third kappa shape index (κ3) is 4.63. The highest BCUT2D eigenvalue weighted by molar-refractivity contribution is 6.30. The summed E-state index contributed by atoms with van der Waals surface area (Å²) in [6.07, 6.45) is 7.34. The lowest BCUT2D eigenvalue weighted by atomic mass is 10.2. The first-order valence-electron chi connectivity index (χ1n) is 9.97. The van der Waals surface area contributed by atoms with Crippen molar-refractivity contribution in [1.29, 1.82) is 0 Å². The first-order valence-corrected chi connectivity index (χ1v) is 10.4. The molecule has 1 saturated heterocycles. The van der Waals surface area contributed by atoms with Gasteiger partial charge in [0.15, 0.2) is 0 Å². The molecule has 0 spiro atoms. The molecule has 0 bridgehead atoms. The summed E-state index contributed by atoms with van der Waals surface area (Å²) in [6.45, 7) is 2.21. The highest BCUT2D eigenvalue weighted by atomic mass is 35.5. The topological polar surface area (TPSA) is 72.3 Å². The van der Waals surface area contributed by atoms with Crippen LogP contribution < -0.4 is 20.5 Å². The van der Waals surface area contributed by atoms with Gasteiger partial charge in [-0.2, -0.15) is 0 Å². The second-order valence-electron chi connectivity index (χ2n) is 7.25. The molecule has 4 rings (SSSR count). The Labute approximate surface area is 180 Å². The number of rotatable bonds is 7. The standard InChI is InChI=1S/C22H24ClN5O2/c1-24-13-18-3-2-9-27(18)21-7-6-19(14-26-21)28-10-8-20(11-22(28)29)30-15-17-5-4-16(23)12-25-17/h4-8,10-12,14,18,24H,2-3,9,13,15H2,1H3. The van der Waals surface area contributed by atoms with Crippen molar-refractivity contribution in [3.8, 4) is 11.4 Å². The molecule has 7 nitrogen and oxygen atoms in total. The van der Waals surface area contributed by atoms with Gasteiger partial charge in [-0.25, -0.2) is 4.98 Å². The van der Waals surface area contributed by atoms with Gasteiger partial charge in [-0.3, -0.25) is 14.3 Å². The average Bonchev–Trinajstić information content (AvgIpc) is 3.22. The lowest BCUT2D eigenvalue weighted by molar-refractivity contribution is 0.300. The number of hydrogen-bond acceptors (Lipinski definition) is 6. The van der Waals surface area contributed by atoms with E-state index in [1.165, 1.54) is 12.5 Å². The minimum absolute atomic E-state index is 0.180. The molecule has 0 saturated carbocycles. The van der Waals surface area contributed by atoms with Gasteiger partial charge < -0.3 is 15.0 Å². The van der Waals surface area contributed by atoms with Crippen LogP contribution in [-0.2, 0) is 6.61 Å². The van der Waals surface area contributed by atoms with Crippen LogP contribution in [0.25, 0.3) is 5.69 Å². The van der Waals surface area contributed by atoms with Gasteiger partial charge in [0.25, 0.3) is 5.56 Å². The zero-order chi connectivity index (χ0) is 20.9. The number of ether oxygens (including phenoxy) is 1. The third-order valence-corrected chi connectivity index (χ3v) is 5.41. The highest BCUT2D eigenvalue weighted by Gasteiger charge is 2.24. The summed E-state index contributed by atoms with van der Waals surface area (Å²) in [5, 5.41) is 3.82. The maximum atomic E-state index is 12.6. The van der Waals surface area contributed by atoms with Crippen molar-refractivity contribution in [2.24, 2.45) is 0 Å². The number of pyridine rings is 3. The van der Waals surface area contributed by atoms with E-state index in [2.05, 4.69) is 20.2 Å². The van der Waals surface area contributed by atoms with Gasteiger partial charge in [-0.15, -0.1) is 0 Å². The molecule has 1 unspecified atom stereocenters. The van der Waals surface area contributed by atoms with Crippen molar-refractivity contribution in [1.82, 2.24) is 19.9 Å². The van der Waals surface area contributed by atoms with Crippen LogP contribution in [0.2, 0.25) is 5.02 Å². The van der Waals surface area contributed by atoms with Crippen LogP contribution in [0.5, 0.6) is 5.75 Å². The van der Waals surface area contributed by atoms with E-state index in [-0.39, 0.29) is 12.2 Å². The fourth-order valence-electron chi connectivity index (χ4n) is 3.69. The van der Waals surface area contributed by atoms with E-state index in [1.807, 2.05) is 19.2 Å². The Bertz CT molecular complexity index is 1040. The van der Waals surface area contributed by atoms with Crippen molar-refractivity contribution in [2.45, 2.75) is 25.5 Å². The quantitative estimate of drug-likeness (QED) is 0.627. The largest absolute Gasteiger partial charge is 0.487 e. The summed E-state index contributed by atoms with van der Waals surface area (Å²) < 4.78 is 7.23. The molecule has 3 aromatic heterocycles.